The third-order valence-electron chi connectivity index (χ3n) is 3.55. The number of carbonyl (C=O) groups excluding carboxylic acids is 2. The molecule has 2 aromatic rings. The summed E-state index contributed by atoms with van der Waals surface area (Å²) in [6, 6.07) is 14.5. The van der Waals surface area contributed by atoms with Crippen molar-refractivity contribution in [2.24, 2.45) is 0 Å². The minimum Gasteiger partial charge on any atom is -0.269 e. The smallest absolute Gasteiger partial charge is 0.262 e. The number of amides is 2. The minimum atomic E-state index is -0.276. The number of benzene rings is 2. The van der Waals surface area contributed by atoms with Crippen LogP contribution >= 0.6 is 15.9 Å². The van der Waals surface area contributed by atoms with Crippen LogP contribution in [-0.4, -0.2) is 16.7 Å². The van der Waals surface area contributed by atoms with Crippen molar-refractivity contribution in [2.75, 3.05) is 0 Å². The average molecular weight is 330 g/mol. The summed E-state index contributed by atoms with van der Waals surface area (Å²) in [7, 11) is 0. The lowest BCUT2D eigenvalue weighted by molar-refractivity contribution is 0.0595. The van der Waals surface area contributed by atoms with Crippen LogP contribution in [-0.2, 0) is 0 Å². The zero-order valence-corrected chi connectivity index (χ0v) is 12.4. The van der Waals surface area contributed by atoms with Gasteiger partial charge in [-0.25, -0.2) is 0 Å². The van der Waals surface area contributed by atoms with Gasteiger partial charge in [-0.2, -0.15) is 0 Å². The lowest BCUT2D eigenvalue weighted by Crippen LogP contribution is -2.32. The van der Waals surface area contributed by atoms with Crippen molar-refractivity contribution >= 4 is 27.7 Å². The fourth-order valence-electron chi connectivity index (χ4n) is 2.46. The molecule has 3 nitrogen and oxygen atoms in total. The predicted octanol–water partition coefficient (Wildman–Crippen LogP) is 3.81. The molecule has 1 atom stereocenters. The fraction of sp³-hybridized carbons (Fsp3) is 0.125. The SMILES string of the molecule is C[C@@H](c1ccccc1)N1C(=O)c2ccc(Br)cc2C1=O. The van der Waals surface area contributed by atoms with Crippen molar-refractivity contribution in [2.45, 2.75) is 13.0 Å². The largest absolute Gasteiger partial charge is 0.269 e. The Hall–Kier alpha value is -1.94. The molecule has 0 bridgehead atoms. The molecule has 0 radical (unpaired) electrons. The van der Waals surface area contributed by atoms with Gasteiger partial charge in [0.15, 0.2) is 0 Å². The maximum absolute atomic E-state index is 12.5. The highest BCUT2D eigenvalue weighted by molar-refractivity contribution is 9.10. The quantitative estimate of drug-likeness (QED) is 0.786. The topological polar surface area (TPSA) is 37.4 Å². The summed E-state index contributed by atoms with van der Waals surface area (Å²) >= 11 is 3.33. The van der Waals surface area contributed by atoms with E-state index in [0.29, 0.717) is 11.1 Å². The van der Waals surface area contributed by atoms with E-state index in [1.54, 1.807) is 18.2 Å². The highest BCUT2D eigenvalue weighted by Crippen LogP contribution is 2.32. The van der Waals surface area contributed by atoms with Gasteiger partial charge in [0, 0.05) is 4.47 Å². The van der Waals surface area contributed by atoms with E-state index in [9.17, 15) is 9.59 Å². The molecular formula is C16H12BrNO2. The summed E-state index contributed by atoms with van der Waals surface area (Å²) in [6.07, 6.45) is 0. The van der Waals surface area contributed by atoms with Gasteiger partial charge in [0.25, 0.3) is 11.8 Å². The number of carbonyl (C=O) groups is 2. The molecule has 4 heteroatoms. The van der Waals surface area contributed by atoms with Crippen LogP contribution in [0, 0.1) is 0 Å². The highest BCUT2D eigenvalue weighted by Gasteiger charge is 2.38. The lowest BCUT2D eigenvalue weighted by atomic mass is 10.1. The zero-order valence-electron chi connectivity index (χ0n) is 10.8. The molecule has 0 saturated heterocycles. The molecule has 0 fully saturated rings. The maximum Gasteiger partial charge on any atom is 0.262 e. The third kappa shape index (κ3) is 1.96. The van der Waals surface area contributed by atoms with Crippen LogP contribution in [0.5, 0.6) is 0 Å². The number of hydrogen-bond acceptors (Lipinski definition) is 2. The molecule has 2 aromatic carbocycles. The number of fused-ring (bicyclic) bond motifs is 1. The normalized spacial score (nSPS) is 15.4. The Labute approximate surface area is 125 Å². The molecular weight excluding hydrogens is 318 g/mol. The van der Waals surface area contributed by atoms with Gasteiger partial charge in [0.1, 0.15) is 0 Å². The summed E-state index contributed by atoms with van der Waals surface area (Å²) < 4.78 is 0.798. The van der Waals surface area contributed by atoms with Gasteiger partial charge in [-0.05, 0) is 30.7 Å². The molecule has 2 amide bonds. The second-order valence-corrected chi connectivity index (χ2v) is 5.67. The lowest BCUT2D eigenvalue weighted by Gasteiger charge is -2.22. The molecule has 0 unspecified atom stereocenters. The first-order chi connectivity index (χ1) is 9.59. The Morgan fingerprint density at radius 1 is 0.950 bits per heavy atom. The van der Waals surface area contributed by atoms with Crippen LogP contribution in [0.2, 0.25) is 0 Å². The van der Waals surface area contributed by atoms with E-state index in [1.807, 2.05) is 37.3 Å². The Balaban J connectivity index is 2.02. The molecule has 100 valence electrons. The van der Waals surface area contributed by atoms with E-state index in [4.69, 9.17) is 0 Å². The molecule has 1 aliphatic heterocycles. The van der Waals surface area contributed by atoms with E-state index < -0.39 is 0 Å². The zero-order chi connectivity index (χ0) is 14.3. The van der Waals surface area contributed by atoms with Gasteiger partial charge in [0.05, 0.1) is 17.2 Å². The minimum absolute atomic E-state index is 0.228. The monoisotopic (exact) mass is 329 g/mol. The second-order valence-electron chi connectivity index (χ2n) is 4.76. The van der Waals surface area contributed by atoms with E-state index >= 15 is 0 Å². The molecule has 0 saturated carbocycles. The van der Waals surface area contributed by atoms with Crippen LogP contribution in [0.25, 0.3) is 0 Å². The van der Waals surface area contributed by atoms with Crippen LogP contribution < -0.4 is 0 Å². The molecule has 1 aliphatic rings. The number of nitrogens with zero attached hydrogens (tertiary/aromatic N) is 1. The van der Waals surface area contributed by atoms with Crippen molar-refractivity contribution in [1.82, 2.24) is 4.90 Å². The Bertz CT molecular complexity index is 697. The van der Waals surface area contributed by atoms with E-state index in [1.165, 1.54) is 4.90 Å². The predicted molar refractivity (Wildman–Crippen MR) is 79.5 cm³/mol. The van der Waals surface area contributed by atoms with E-state index in [2.05, 4.69) is 15.9 Å². The van der Waals surface area contributed by atoms with Crippen LogP contribution in [0.1, 0.15) is 39.2 Å². The fourth-order valence-corrected chi connectivity index (χ4v) is 2.83. The van der Waals surface area contributed by atoms with Gasteiger partial charge in [-0.1, -0.05) is 46.3 Å². The summed E-state index contributed by atoms with van der Waals surface area (Å²) in [6.45, 7) is 1.87. The standard InChI is InChI=1S/C16H12BrNO2/c1-10(11-5-3-2-4-6-11)18-15(19)13-8-7-12(17)9-14(13)16(18)20/h2-10H,1H3/t10-/m0/s1. The van der Waals surface area contributed by atoms with Crippen molar-refractivity contribution in [1.29, 1.82) is 0 Å². The molecule has 0 aliphatic carbocycles. The summed E-state index contributed by atoms with van der Waals surface area (Å²) in [5, 5.41) is 0. The first-order valence-corrected chi connectivity index (χ1v) is 7.11. The molecule has 0 N–H and O–H groups in total. The Morgan fingerprint density at radius 2 is 1.60 bits per heavy atom. The maximum atomic E-state index is 12.5. The Kier molecular flexibility index (Phi) is 3.18. The van der Waals surface area contributed by atoms with E-state index in [0.717, 1.165) is 10.0 Å². The highest BCUT2D eigenvalue weighted by atomic mass is 79.9. The molecule has 0 aromatic heterocycles. The van der Waals surface area contributed by atoms with Crippen molar-refractivity contribution < 1.29 is 9.59 Å². The number of halogens is 1. The molecule has 3 rings (SSSR count). The molecule has 20 heavy (non-hydrogen) atoms. The van der Waals surface area contributed by atoms with Crippen LogP contribution in [0.4, 0.5) is 0 Å². The first-order valence-electron chi connectivity index (χ1n) is 6.32. The summed E-state index contributed by atoms with van der Waals surface area (Å²) in [5.74, 6) is -0.462. The number of hydrogen-bond donors (Lipinski definition) is 0. The van der Waals surface area contributed by atoms with Gasteiger partial charge in [-0.15, -0.1) is 0 Å². The first kappa shape index (κ1) is 13.1. The Morgan fingerprint density at radius 3 is 2.30 bits per heavy atom. The van der Waals surface area contributed by atoms with Crippen LogP contribution in [0.3, 0.4) is 0 Å². The average Bonchev–Trinajstić information content (AvgIpc) is 2.71. The summed E-state index contributed by atoms with van der Waals surface area (Å²) in [4.78, 5) is 26.2. The summed E-state index contributed by atoms with van der Waals surface area (Å²) in [5.41, 5.74) is 1.88. The van der Waals surface area contributed by atoms with Crippen molar-refractivity contribution in [3.8, 4) is 0 Å². The van der Waals surface area contributed by atoms with Gasteiger partial charge in [0.2, 0.25) is 0 Å². The van der Waals surface area contributed by atoms with E-state index in [-0.39, 0.29) is 17.9 Å². The van der Waals surface area contributed by atoms with Crippen molar-refractivity contribution in [3.05, 3.63) is 69.7 Å². The van der Waals surface area contributed by atoms with Gasteiger partial charge < -0.3 is 0 Å². The molecule has 1 heterocycles. The third-order valence-corrected chi connectivity index (χ3v) is 4.04. The van der Waals surface area contributed by atoms with Gasteiger partial charge in [-0.3, -0.25) is 14.5 Å². The van der Waals surface area contributed by atoms with Gasteiger partial charge >= 0.3 is 0 Å². The van der Waals surface area contributed by atoms with Crippen molar-refractivity contribution in [3.63, 3.8) is 0 Å². The second kappa shape index (κ2) is 4.87. The van der Waals surface area contributed by atoms with Crippen LogP contribution in [0.15, 0.2) is 53.0 Å². The number of rotatable bonds is 2. The molecule has 0 spiro atoms. The number of imide groups is 1.